The number of nitrogens with zero attached hydrogens (tertiary/aromatic N) is 1. The summed E-state index contributed by atoms with van der Waals surface area (Å²) in [5, 5.41) is 3.26. The third-order valence-corrected chi connectivity index (χ3v) is 4.57. The van der Waals surface area contributed by atoms with Crippen LogP contribution in [0.25, 0.3) is 0 Å². The third-order valence-electron chi connectivity index (χ3n) is 4.37. The summed E-state index contributed by atoms with van der Waals surface area (Å²) in [4.78, 5) is 16.0. The Kier molecular flexibility index (Phi) is 2.81. The lowest BCUT2D eigenvalue weighted by Crippen LogP contribution is -2.29. The Hall–Kier alpha value is -1.29. The molecule has 1 fully saturated rings. The van der Waals surface area contributed by atoms with Gasteiger partial charge in [-0.1, -0.05) is 39.3 Å². The molecule has 1 heterocycles. The molecule has 4 nitrogen and oxygen atoms in total. The van der Waals surface area contributed by atoms with Gasteiger partial charge in [0.2, 0.25) is 0 Å². The van der Waals surface area contributed by atoms with Gasteiger partial charge in [0.15, 0.2) is 0 Å². The molecule has 0 aromatic carbocycles. The van der Waals surface area contributed by atoms with E-state index in [1.165, 1.54) is 12.1 Å². The smallest absolute Gasteiger partial charge is 0.251 e. The van der Waals surface area contributed by atoms with Gasteiger partial charge in [0.25, 0.3) is 5.91 Å². The molecule has 0 bridgehead atoms. The Morgan fingerprint density at radius 1 is 1.33 bits per heavy atom. The zero-order valence-corrected chi connectivity index (χ0v) is 11.8. The van der Waals surface area contributed by atoms with Gasteiger partial charge >= 0.3 is 0 Å². The fourth-order valence-electron chi connectivity index (χ4n) is 2.42. The van der Waals surface area contributed by atoms with E-state index in [2.05, 4.69) is 38.0 Å². The van der Waals surface area contributed by atoms with Crippen molar-refractivity contribution in [2.45, 2.75) is 33.7 Å². The van der Waals surface area contributed by atoms with Gasteiger partial charge in [0.1, 0.15) is 11.0 Å². The predicted octanol–water partition coefficient (Wildman–Crippen LogP) is 2.48. The molecular formula is C13H18ClN3O. The van der Waals surface area contributed by atoms with Gasteiger partial charge in [-0.2, -0.15) is 0 Å². The normalized spacial score (nSPS) is 20.5. The van der Waals surface area contributed by atoms with Crippen LogP contribution in [0.4, 0.5) is 5.82 Å². The third kappa shape index (κ3) is 1.94. The highest BCUT2D eigenvalue weighted by Gasteiger charge is 2.65. The number of aromatic nitrogens is 1. The molecule has 2 rings (SSSR count). The zero-order valence-electron chi connectivity index (χ0n) is 11.0. The number of carbonyl (C=O) groups excluding carboxylic acids is 1. The second-order valence-electron chi connectivity index (χ2n) is 5.95. The van der Waals surface area contributed by atoms with E-state index in [-0.39, 0.29) is 33.7 Å². The molecule has 1 aromatic rings. The average molecular weight is 268 g/mol. The maximum Gasteiger partial charge on any atom is 0.251 e. The van der Waals surface area contributed by atoms with Crippen LogP contribution in [0.3, 0.4) is 0 Å². The second-order valence-corrected chi connectivity index (χ2v) is 6.34. The monoisotopic (exact) mass is 267 g/mol. The number of nitrogens with one attached hydrogen (secondary N) is 1. The first kappa shape index (κ1) is 13.1. The number of hydrogen-bond acceptors (Lipinski definition) is 3. The van der Waals surface area contributed by atoms with E-state index in [0.29, 0.717) is 5.56 Å². The number of nitrogens with two attached hydrogens (primary N) is 1. The first-order chi connectivity index (χ1) is 8.16. The van der Waals surface area contributed by atoms with Gasteiger partial charge in [-0.3, -0.25) is 4.79 Å². The SMILES string of the molecule is CC1(C)C(NC(=O)c2cc(N)nc(Cl)c2)C1(C)C. The molecule has 1 aliphatic rings. The van der Waals surface area contributed by atoms with Crippen molar-refractivity contribution in [3.63, 3.8) is 0 Å². The van der Waals surface area contributed by atoms with Crippen LogP contribution in [-0.4, -0.2) is 16.9 Å². The number of nitrogen functional groups attached to an aromatic ring is 1. The Morgan fingerprint density at radius 3 is 2.33 bits per heavy atom. The van der Waals surface area contributed by atoms with Crippen LogP contribution >= 0.6 is 11.6 Å². The van der Waals surface area contributed by atoms with Gasteiger partial charge in [-0.05, 0) is 23.0 Å². The molecule has 98 valence electrons. The van der Waals surface area contributed by atoms with Crippen LogP contribution in [0.15, 0.2) is 12.1 Å². The lowest BCUT2D eigenvalue weighted by atomic mass is 10.0. The molecule has 1 aliphatic carbocycles. The average Bonchev–Trinajstić information content (AvgIpc) is 2.59. The summed E-state index contributed by atoms with van der Waals surface area (Å²) in [7, 11) is 0. The number of rotatable bonds is 2. The minimum atomic E-state index is -0.158. The second kappa shape index (κ2) is 3.85. The van der Waals surface area contributed by atoms with Crippen LogP contribution < -0.4 is 11.1 Å². The molecule has 1 amide bonds. The zero-order chi connectivity index (χ0) is 13.7. The summed E-state index contributed by atoms with van der Waals surface area (Å²) in [5.41, 5.74) is 6.23. The van der Waals surface area contributed by atoms with E-state index >= 15 is 0 Å². The molecule has 18 heavy (non-hydrogen) atoms. The number of amides is 1. The quantitative estimate of drug-likeness (QED) is 0.809. The first-order valence-electron chi connectivity index (χ1n) is 5.90. The van der Waals surface area contributed by atoms with Gasteiger partial charge in [-0.25, -0.2) is 4.98 Å². The van der Waals surface area contributed by atoms with Crippen LogP contribution in [0.2, 0.25) is 5.15 Å². The van der Waals surface area contributed by atoms with Crippen LogP contribution in [-0.2, 0) is 0 Å². The lowest BCUT2D eigenvalue weighted by molar-refractivity contribution is 0.0943. The number of anilines is 1. The van der Waals surface area contributed by atoms with E-state index in [0.717, 1.165) is 0 Å². The maximum absolute atomic E-state index is 12.1. The molecule has 5 heteroatoms. The Labute approximate surface area is 112 Å². The first-order valence-corrected chi connectivity index (χ1v) is 6.28. The molecule has 0 unspecified atom stereocenters. The summed E-state index contributed by atoms with van der Waals surface area (Å²) in [6.07, 6.45) is 0. The molecular weight excluding hydrogens is 250 g/mol. The summed E-state index contributed by atoms with van der Waals surface area (Å²) < 4.78 is 0. The minimum Gasteiger partial charge on any atom is -0.384 e. The maximum atomic E-state index is 12.1. The molecule has 0 spiro atoms. The molecule has 1 saturated carbocycles. The van der Waals surface area contributed by atoms with Crippen LogP contribution in [0, 0.1) is 10.8 Å². The van der Waals surface area contributed by atoms with Crippen molar-refractivity contribution in [3.8, 4) is 0 Å². The van der Waals surface area contributed by atoms with Crippen molar-refractivity contribution in [2.75, 3.05) is 5.73 Å². The van der Waals surface area contributed by atoms with E-state index in [4.69, 9.17) is 17.3 Å². The number of halogens is 1. The topological polar surface area (TPSA) is 68.0 Å². The molecule has 0 aliphatic heterocycles. The van der Waals surface area contributed by atoms with Crippen molar-refractivity contribution < 1.29 is 4.79 Å². The van der Waals surface area contributed by atoms with E-state index < -0.39 is 0 Å². The van der Waals surface area contributed by atoms with Crippen molar-refractivity contribution in [1.29, 1.82) is 0 Å². The molecule has 0 atom stereocenters. The summed E-state index contributed by atoms with van der Waals surface area (Å²) in [5.74, 6) is 0.0941. The van der Waals surface area contributed by atoms with Gasteiger partial charge < -0.3 is 11.1 Å². The predicted molar refractivity (Wildman–Crippen MR) is 72.5 cm³/mol. The van der Waals surface area contributed by atoms with Gasteiger partial charge in [0.05, 0.1) is 0 Å². The van der Waals surface area contributed by atoms with E-state index in [9.17, 15) is 4.79 Å². The van der Waals surface area contributed by atoms with Crippen molar-refractivity contribution in [2.24, 2.45) is 10.8 Å². The highest BCUT2D eigenvalue weighted by molar-refractivity contribution is 6.29. The molecule has 1 aromatic heterocycles. The van der Waals surface area contributed by atoms with Crippen LogP contribution in [0.5, 0.6) is 0 Å². The summed E-state index contributed by atoms with van der Waals surface area (Å²) in [6.45, 7) is 8.58. The van der Waals surface area contributed by atoms with Crippen molar-refractivity contribution in [1.82, 2.24) is 10.3 Å². The Balaban J connectivity index is 2.15. The number of carbonyl (C=O) groups is 1. The van der Waals surface area contributed by atoms with Gasteiger partial charge in [0, 0.05) is 11.6 Å². The van der Waals surface area contributed by atoms with Crippen LogP contribution in [0.1, 0.15) is 38.1 Å². The standard InChI is InChI=1S/C13H18ClN3O/c1-12(2)11(13(12,3)4)17-10(18)7-5-8(14)16-9(15)6-7/h5-6,11H,1-4H3,(H2,15,16)(H,17,18). The van der Waals surface area contributed by atoms with Crippen molar-refractivity contribution >= 4 is 23.3 Å². The Bertz CT molecular complexity index is 477. The minimum absolute atomic E-state index is 0.102. The molecule has 0 saturated heterocycles. The number of pyridine rings is 1. The molecule has 0 radical (unpaired) electrons. The summed E-state index contributed by atoms with van der Waals surface area (Å²) >= 11 is 5.79. The lowest BCUT2D eigenvalue weighted by Gasteiger charge is -2.07. The van der Waals surface area contributed by atoms with Crippen molar-refractivity contribution in [3.05, 3.63) is 22.8 Å². The largest absolute Gasteiger partial charge is 0.384 e. The molecule has 3 N–H and O–H groups in total. The van der Waals surface area contributed by atoms with E-state index in [1.54, 1.807) is 0 Å². The number of hydrogen-bond donors (Lipinski definition) is 2. The summed E-state index contributed by atoms with van der Waals surface area (Å²) in [6, 6.07) is 3.21. The highest BCUT2D eigenvalue weighted by atomic mass is 35.5. The van der Waals surface area contributed by atoms with Gasteiger partial charge in [-0.15, -0.1) is 0 Å². The Morgan fingerprint density at radius 2 is 1.89 bits per heavy atom. The van der Waals surface area contributed by atoms with E-state index in [1.807, 2.05) is 0 Å². The highest BCUT2D eigenvalue weighted by Crippen LogP contribution is 2.62. The fraction of sp³-hybridized carbons (Fsp3) is 0.538. The fourth-order valence-corrected chi connectivity index (χ4v) is 2.64.